The molecule has 2 aromatic rings. The van der Waals surface area contributed by atoms with Crippen LogP contribution >= 0.6 is 0 Å². The van der Waals surface area contributed by atoms with E-state index in [1.807, 2.05) is 0 Å². The highest BCUT2D eigenvalue weighted by atomic mass is 16.4. The van der Waals surface area contributed by atoms with E-state index in [9.17, 15) is 4.79 Å². The van der Waals surface area contributed by atoms with Crippen LogP contribution in [0.5, 0.6) is 0 Å². The van der Waals surface area contributed by atoms with Crippen LogP contribution in [0.3, 0.4) is 0 Å². The van der Waals surface area contributed by atoms with Crippen LogP contribution in [0.4, 0.5) is 0 Å². The summed E-state index contributed by atoms with van der Waals surface area (Å²) < 4.78 is 2.32. The Kier molecular flexibility index (Phi) is 5.22. The predicted molar refractivity (Wildman–Crippen MR) is 82.0 cm³/mol. The fourth-order valence-electron chi connectivity index (χ4n) is 2.67. The molecule has 0 aliphatic carbocycles. The molecule has 1 heterocycles. The second-order valence-electron chi connectivity index (χ2n) is 5.32. The number of rotatable bonds is 8. The molecule has 0 radical (unpaired) electrons. The van der Waals surface area contributed by atoms with Gasteiger partial charge >= 0.3 is 5.97 Å². The Bertz CT molecular complexity index is 571. The smallest absolute Gasteiger partial charge is 0.303 e. The molecular formula is C17H23NO2. The zero-order valence-corrected chi connectivity index (χ0v) is 12.1. The first-order chi connectivity index (χ1) is 9.72. The summed E-state index contributed by atoms with van der Waals surface area (Å²) in [6.45, 7) is 3.26. The molecule has 1 aromatic heterocycles. The number of aromatic nitrogens is 1. The standard InChI is InChI=1S/C17H23NO2/c1-2-3-6-12-18-13-14(8-7-11-17(19)20)15-9-4-5-10-16(15)18/h4-5,9-10,13H,2-3,6-8,11-12H2,1H3,(H,19,20). The second kappa shape index (κ2) is 7.13. The highest BCUT2D eigenvalue weighted by molar-refractivity contribution is 5.84. The number of carboxylic acid groups (broad SMARTS) is 1. The van der Waals surface area contributed by atoms with Crippen molar-refractivity contribution < 1.29 is 9.90 Å². The van der Waals surface area contributed by atoms with Gasteiger partial charge in [-0.3, -0.25) is 4.79 Å². The minimum Gasteiger partial charge on any atom is -0.481 e. The number of hydrogen-bond acceptors (Lipinski definition) is 1. The van der Waals surface area contributed by atoms with Gasteiger partial charge in [-0.2, -0.15) is 0 Å². The minimum atomic E-state index is -0.711. The zero-order valence-electron chi connectivity index (χ0n) is 12.1. The molecule has 0 saturated heterocycles. The SMILES string of the molecule is CCCCCn1cc(CCCC(=O)O)c2ccccc21. The number of carboxylic acids is 1. The molecule has 20 heavy (non-hydrogen) atoms. The number of hydrogen-bond donors (Lipinski definition) is 1. The second-order valence-corrected chi connectivity index (χ2v) is 5.32. The van der Waals surface area contributed by atoms with Crippen molar-refractivity contribution >= 4 is 16.9 Å². The summed E-state index contributed by atoms with van der Waals surface area (Å²) in [5.74, 6) is -0.711. The fraction of sp³-hybridized carbons (Fsp3) is 0.471. The van der Waals surface area contributed by atoms with Crippen LogP contribution in [-0.4, -0.2) is 15.6 Å². The number of nitrogens with zero attached hydrogens (tertiary/aromatic N) is 1. The van der Waals surface area contributed by atoms with Crippen LogP contribution in [0.2, 0.25) is 0 Å². The van der Waals surface area contributed by atoms with E-state index < -0.39 is 5.97 Å². The van der Waals surface area contributed by atoms with Gasteiger partial charge in [0, 0.05) is 30.1 Å². The lowest BCUT2D eigenvalue weighted by molar-refractivity contribution is -0.137. The predicted octanol–water partition coefficient (Wildman–Crippen LogP) is 4.24. The maximum Gasteiger partial charge on any atom is 0.303 e. The topological polar surface area (TPSA) is 42.2 Å². The number of aryl methyl sites for hydroxylation is 2. The van der Waals surface area contributed by atoms with Gasteiger partial charge in [0.05, 0.1) is 0 Å². The number of benzene rings is 1. The number of carbonyl (C=O) groups is 1. The molecule has 2 rings (SSSR count). The van der Waals surface area contributed by atoms with Crippen LogP contribution in [0, 0.1) is 0 Å². The molecule has 108 valence electrons. The van der Waals surface area contributed by atoms with E-state index in [1.165, 1.54) is 35.7 Å². The van der Waals surface area contributed by atoms with Crippen molar-refractivity contribution in [3.63, 3.8) is 0 Å². The summed E-state index contributed by atoms with van der Waals surface area (Å²) in [6, 6.07) is 8.42. The Balaban J connectivity index is 2.14. The molecule has 0 saturated carbocycles. The van der Waals surface area contributed by atoms with Gasteiger partial charge in [0.2, 0.25) is 0 Å². The normalized spacial score (nSPS) is 11.1. The van der Waals surface area contributed by atoms with Crippen molar-refractivity contribution in [1.29, 1.82) is 0 Å². The fourth-order valence-corrected chi connectivity index (χ4v) is 2.67. The lowest BCUT2D eigenvalue weighted by atomic mass is 10.1. The first-order valence-electron chi connectivity index (χ1n) is 7.51. The van der Waals surface area contributed by atoms with Crippen LogP contribution < -0.4 is 0 Å². The lowest BCUT2D eigenvalue weighted by Crippen LogP contribution is -1.96. The average molecular weight is 273 g/mol. The van der Waals surface area contributed by atoms with Crippen LogP contribution in [-0.2, 0) is 17.8 Å². The first kappa shape index (κ1) is 14.6. The Morgan fingerprint density at radius 2 is 2.00 bits per heavy atom. The molecule has 0 aliphatic heterocycles. The Hall–Kier alpha value is -1.77. The Morgan fingerprint density at radius 3 is 2.75 bits per heavy atom. The van der Waals surface area contributed by atoms with Gasteiger partial charge in [0.15, 0.2) is 0 Å². The quantitative estimate of drug-likeness (QED) is 0.731. The first-order valence-corrected chi connectivity index (χ1v) is 7.51. The number of unbranched alkanes of at least 4 members (excludes halogenated alkanes) is 2. The van der Waals surface area contributed by atoms with E-state index in [0.717, 1.165) is 13.0 Å². The Morgan fingerprint density at radius 1 is 1.20 bits per heavy atom. The molecule has 0 spiro atoms. The van der Waals surface area contributed by atoms with Gasteiger partial charge in [0.1, 0.15) is 0 Å². The lowest BCUT2D eigenvalue weighted by Gasteiger charge is -2.03. The monoisotopic (exact) mass is 273 g/mol. The summed E-state index contributed by atoms with van der Waals surface area (Å²) in [5, 5.41) is 10.0. The van der Waals surface area contributed by atoms with Gasteiger partial charge in [-0.25, -0.2) is 0 Å². The maximum atomic E-state index is 10.6. The number of fused-ring (bicyclic) bond motifs is 1. The van der Waals surface area contributed by atoms with Gasteiger partial charge in [-0.1, -0.05) is 38.0 Å². The van der Waals surface area contributed by atoms with Crippen molar-refractivity contribution in [3.8, 4) is 0 Å². The molecule has 3 heteroatoms. The van der Waals surface area contributed by atoms with E-state index in [2.05, 4.69) is 42.0 Å². The molecule has 1 N–H and O–H groups in total. The van der Waals surface area contributed by atoms with E-state index >= 15 is 0 Å². The van der Waals surface area contributed by atoms with Crippen molar-refractivity contribution in [2.45, 2.75) is 52.0 Å². The van der Waals surface area contributed by atoms with Crippen LogP contribution in [0.1, 0.15) is 44.6 Å². The third kappa shape index (κ3) is 3.62. The zero-order chi connectivity index (χ0) is 14.4. The highest BCUT2D eigenvalue weighted by Crippen LogP contribution is 2.23. The molecule has 0 fully saturated rings. The van der Waals surface area contributed by atoms with Gasteiger partial charge in [-0.15, -0.1) is 0 Å². The molecule has 0 unspecified atom stereocenters. The molecule has 0 aliphatic rings. The molecule has 0 atom stereocenters. The molecule has 0 amide bonds. The van der Waals surface area contributed by atoms with Gasteiger partial charge < -0.3 is 9.67 Å². The van der Waals surface area contributed by atoms with E-state index in [4.69, 9.17) is 5.11 Å². The maximum absolute atomic E-state index is 10.6. The van der Waals surface area contributed by atoms with Crippen molar-refractivity contribution in [3.05, 3.63) is 36.0 Å². The van der Waals surface area contributed by atoms with E-state index in [-0.39, 0.29) is 6.42 Å². The Labute approximate surface area is 120 Å². The molecule has 1 aromatic carbocycles. The largest absolute Gasteiger partial charge is 0.481 e. The van der Waals surface area contributed by atoms with E-state index in [1.54, 1.807) is 0 Å². The summed E-state index contributed by atoms with van der Waals surface area (Å²) >= 11 is 0. The number of aliphatic carboxylic acids is 1. The van der Waals surface area contributed by atoms with E-state index in [0.29, 0.717) is 6.42 Å². The summed E-state index contributed by atoms with van der Waals surface area (Å²) in [4.78, 5) is 10.6. The summed E-state index contributed by atoms with van der Waals surface area (Å²) in [7, 11) is 0. The van der Waals surface area contributed by atoms with Crippen molar-refractivity contribution in [2.24, 2.45) is 0 Å². The van der Waals surface area contributed by atoms with Crippen molar-refractivity contribution in [2.75, 3.05) is 0 Å². The van der Waals surface area contributed by atoms with Crippen LogP contribution in [0.15, 0.2) is 30.5 Å². The van der Waals surface area contributed by atoms with Crippen LogP contribution in [0.25, 0.3) is 10.9 Å². The van der Waals surface area contributed by atoms with Gasteiger partial charge in [0.25, 0.3) is 0 Å². The summed E-state index contributed by atoms with van der Waals surface area (Å²) in [5.41, 5.74) is 2.55. The average Bonchev–Trinajstić information content (AvgIpc) is 2.78. The summed E-state index contributed by atoms with van der Waals surface area (Å²) in [6.07, 6.45) is 7.68. The molecule has 3 nitrogen and oxygen atoms in total. The van der Waals surface area contributed by atoms with Gasteiger partial charge in [-0.05, 0) is 30.9 Å². The minimum absolute atomic E-state index is 0.245. The number of para-hydroxylation sites is 1. The third-order valence-electron chi connectivity index (χ3n) is 3.71. The highest BCUT2D eigenvalue weighted by Gasteiger charge is 2.08. The molecule has 0 bridgehead atoms. The molecular weight excluding hydrogens is 250 g/mol. The third-order valence-corrected chi connectivity index (χ3v) is 3.71. The van der Waals surface area contributed by atoms with Crippen molar-refractivity contribution in [1.82, 2.24) is 4.57 Å².